The number of hydrogen-bond donors (Lipinski definition) is 1. The Bertz CT molecular complexity index is 212. The molecule has 1 saturated heterocycles. The fourth-order valence-electron chi connectivity index (χ4n) is 1.48. The number of carbonyl (C=O) groups is 1. The summed E-state index contributed by atoms with van der Waals surface area (Å²) >= 11 is 0. The SMILES string of the molecule is C=C1CCCC(=O)N1CC(C)(C)O. The van der Waals surface area contributed by atoms with Crippen LogP contribution in [-0.2, 0) is 4.79 Å². The Balaban J connectivity index is 2.65. The average Bonchev–Trinajstić information content (AvgIpc) is 1.95. The van der Waals surface area contributed by atoms with Crippen LogP contribution in [0.4, 0.5) is 0 Å². The highest BCUT2D eigenvalue weighted by Gasteiger charge is 2.26. The molecule has 1 rings (SSSR count). The first-order valence-electron chi connectivity index (χ1n) is 4.61. The lowest BCUT2D eigenvalue weighted by Crippen LogP contribution is -2.43. The van der Waals surface area contributed by atoms with E-state index in [2.05, 4.69) is 6.58 Å². The molecule has 0 atom stereocenters. The Morgan fingerprint density at radius 2 is 2.15 bits per heavy atom. The van der Waals surface area contributed by atoms with Crippen molar-refractivity contribution in [3.63, 3.8) is 0 Å². The number of piperidine rings is 1. The van der Waals surface area contributed by atoms with E-state index in [0.717, 1.165) is 18.5 Å². The number of likely N-dealkylation sites (tertiary alicyclic amines) is 1. The summed E-state index contributed by atoms with van der Waals surface area (Å²) in [5.41, 5.74) is -0.00553. The highest BCUT2D eigenvalue weighted by molar-refractivity contribution is 5.79. The van der Waals surface area contributed by atoms with Gasteiger partial charge in [-0.2, -0.15) is 0 Å². The zero-order chi connectivity index (χ0) is 10.1. The summed E-state index contributed by atoms with van der Waals surface area (Å²) in [6.45, 7) is 7.57. The van der Waals surface area contributed by atoms with E-state index in [0.29, 0.717) is 13.0 Å². The molecule has 1 aliphatic rings. The third-order valence-corrected chi connectivity index (χ3v) is 2.08. The molecule has 0 aliphatic carbocycles. The number of rotatable bonds is 2. The van der Waals surface area contributed by atoms with Crippen LogP contribution >= 0.6 is 0 Å². The van der Waals surface area contributed by atoms with Crippen LogP contribution in [0.1, 0.15) is 33.1 Å². The standard InChI is InChI=1S/C10H17NO2/c1-8-5-4-6-9(12)11(8)7-10(2,3)13/h13H,1,4-7H2,2-3H3. The Hall–Kier alpha value is -0.830. The number of hydrogen-bond acceptors (Lipinski definition) is 2. The van der Waals surface area contributed by atoms with Crippen LogP contribution in [0.5, 0.6) is 0 Å². The van der Waals surface area contributed by atoms with Crippen LogP contribution in [-0.4, -0.2) is 28.1 Å². The summed E-state index contributed by atoms with van der Waals surface area (Å²) in [5, 5.41) is 9.57. The van der Waals surface area contributed by atoms with E-state index >= 15 is 0 Å². The third-order valence-electron chi connectivity index (χ3n) is 2.08. The zero-order valence-electron chi connectivity index (χ0n) is 8.34. The normalized spacial score (nSPS) is 19.5. The molecule has 0 aromatic heterocycles. The second-order valence-corrected chi connectivity index (χ2v) is 4.21. The Morgan fingerprint density at radius 1 is 1.54 bits per heavy atom. The van der Waals surface area contributed by atoms with Gasteiger partial charge in [-0.25, -0.2) is 0 Å². The smallest absolute Gasteiger partial charge is 0.226 e. The lowest BCUT2D eigenvalue weighted by atomic mass is 10.0. The minimum Gasteiger partial charge on any atom is -0.389 e. The fraction of sp³-hybridized carbons (Fsp3) is 0.700. The van der Waals surface area contributed by atoms with E-state index in [4.69, 9.17) is 0 Å². The average molecular weight is 183 g/mol. The van der Waals surface area contributed by atoms with Crippen molar-refractivity contribution in [3.8, 4) is 0 Å². The highest BCUT2D eigenvalue weighted by atomic mass is 16.3. The quantitative estimate of drug-likeness (QED) is 0.700. The minimum absolute atomic E-state index is 0.0818. The van der Waals surface area contributed by atoms with Crippen LogP contribution in [0.25, 0.3) is 0 Å². The van der Waals surface area contributed by atoms with Gasteiger partial charge in [0.1, 0.15) is 0 Å². The first-order valence-corrected chi connectivity index (χ1v) is 4.61. The molecule has 1 amide bonds. The highest BCUT2D eigenvalue weighted by Crippen LogP contribution is 2.21. The molecule has 3 nitrogen and oxygen atoms in total. The fourth-order valence-corrected chi connectivity index (χ4v) is 1.48. The Kier molecular flexibility index (Phi) is 2.76. The summed E-state index contributed by atoms with van der Waals surface area (Å²) in [5.74, 6) is 0.0818. The van der Waals surface area contributed by atoms with Gasteiger partial charge in [-0.1, -0.05) is 6.58 Å². The van der Waals surface area contributed by atoms with Crippen molar-refractivity contribution in [2.75, 3.05) is 6.54 Å². The number of amides is 1. The third kappa shape index (κ3) is 2.84. The van der Waals surface area contributed by atoms with E-state index in [1.165, 1.54) is 0 Å². The van der Waals surface area contributed by atoms with Gasteiger partial charge in [0, 0.05) is 12.1 Å². The van der Waals surface area contributed by atoms with Crippen molar-refractivity contribution in [1.29, 1.82) is 0 Å². The van der Waals surface area contributed by atoms with Gasteiger partial charge in [-0.05, 0) is 26.7 Å². The molecule has 0 bridgehead atoms. The molecule has 0 aromatic carbocycles. The second kappa shape index (κ2) is 3.50. The summed E-state index contributed by atoms with van der Waals surface area (Å²) in [6.07, 6.45) is 2.33. The van der Waals surface area contributed by atoms with Gasteiger partial charge in [0.2, 0.25) is 5.91 Å². The maximum Gasteiger partial charge on any atom is 0.226 e. The van der Waals surface area contributed by atoms with Gasteiger partial charge in [0.15, 0.2) is 0 Å². The Morgan fingerprint density at radius 3 is 2.62 bits per heavy atom. The van der Waals surface area contributed by atoms with Crippen molar-refractivity contribution in [1.82, 2.24) is 4.90 Å². The molecule has 0 spiro atoms. The molecule has 3 heteroatoms. The maximum absolute atomic E-state index is 11.4. The molecular weight excluding hydrogens is 166 g/mol. The summed E-state index contributed by atoms with van der Waals surface area (Å²) in [6, 6.07) is 0. The molecule has 74 valence electrons. The summed E-state index contributed by atoms with van der Waals surface area (Å²) < 4.78 is 0. The topological polar surface area (TPSA) is 40.5 Å². The van der Waals surface area contributed by atoms with Gasteiger partial charge in [-0.15, -0.1) is 0 Å². The van der Waals surface area contributed by atoms with Crippen LogP contribution in [0.3, 0.4) is 0 Å². The van der Waals surface area contributed by atoms with Crippen LogP contribution in [0, 0.1) is 0 Å². The van der Waals surface area contributed by atoms with Gasteiger partial charge < -0.3 is 10.0 Å². The molecule has 0 radical (unpaired) electrons. The van der Waals surface area contributed by atoms with Crippen molar-refractivity contribution < 1.29 is 9.90 Å². The number of carbonyl (C=O) groups excluding carboxylic acids is 1. The van der Waals surface area contributed by atoms with Gasteiger partial charge in [0.05, 0.1) is 12.1 Å². The van der Waals surface area contributed by atoms with Crippen molar-refractivity contribution in [2.45, 2.75) is 38.7 Å². The van der Waals surface area contributed by atoms with Crippen molar-refractivity contribution in [2.24, 2.45) is 0 Å². The largest absolute Gasteiger partial charge is 0.389 e. The molecule has 0 saturated carbocycles. The van der Waals surface area contributed by atoms with E-state index in [1.807, 2.05) is 0 Å². The minimum atomic E-state index is -0.837. The van der Waals surface area contributed by atoms with Crippen molar-refractivity contribution in [3.05, 3.63) is 12.3 Å². The molecule has 1 heterocycles. The predicted molar refractivity (Wildman–Crippen MR) is 51.0 cm³/mol. The summed E-state index contributed by atoms with van der Waals surface area (Å²) in [4.78, 5) is 13.0. The lowest BCUT2D eigenvalue weighted by Gasteiger charge is -2.33. The van der Waals surface area contributed by atoms with E-state index in [1.54, 1.807) is 18.7 Å². The van der Waals surface area contributed by atoms with E-state index in [9.17, 15) is 9.90 Å². The zero-order valence-corrected chi connectivity index (χ0v) is 8.34. The first-order chi connectivity index (χ1) is 5.90. The van der Waals surface area contributed by atoms with Crippen molar-refractivity contribution >= 4 is 5.91 Å². The molecule has 0 unspecified atom stereocenters. The predicted octanol–water partition coefficient (Wildman–Crippen LogP) is 1.28. The molecule has 1 aliphatic heterocycles. The molecule has 0 aromatic rings. The first kappa shape index (κ1) is 10.3. The van der Waals surface area contributed by atoms with E-state index in [-0.39, 0.29) is 5.91 Å². The van der Waals surface area contributed by atoms with Gasteiger partial charge in [0.25, 0.3) is 0 Å². The number of aliphatic hydroxyl groups is 1. The molecule has 13 heavy (non-hydrogen) atoms. The van der Waals surface area contributed by atoms with Crippen LogP contribution < -0.4 is 0 Å². The van der Waals surface area contributed by atoms with Gasteiger partial charge in [-0.3, -0.25) is 4.79 Å². The summed E-state index contributed by atoms with van der Waals surface area (Å²) in [7, 11) is 0. The number of nitrogens with zero attached hydrogens (tertiary/aromatic N) is 1. The maximum atomic E-state index is 11.4. The molecular formula is C10H17NO2. The second-order valence-electron chi connectivity index (χ2n) is 4.21. The number of β-amino-alcohol motifs (C(OH)–C–C–N with tert-alkyl or cyclic N) is 1. The monoisotopic (exact) mass is 183 g/mol. The van der Waals surface area contributed by atoms with E-state index < -0.39 is 5.60 Å². The number of allylic oxidation sites excluding steroid dienone is 1. The molecule has 1 N–H and O–H groups in total. The van der Waals surface area contributed by atoms with Gasteiger partial charge >= 0.3 is 0 Å². The Labute approximate surface area is 79.0 Å². The van der Waals surface area contributed by atoms with Crippen LogP contribution in [0.15, 0.2) is 12.3 Å². The van der Waals surface area contributed by atoms with Crippen LogP contribution in [0.2, 0.25) is 0 Å². The lowest BCUT2D eigenvalue weighted by molar-refractivity contribution is -0.133. The molecule has 1 fully saturated rings.